The van der Waals surface area contributed by atoms with Gasteiger partial charge in [-0.05, 0) is 83.5 Å². The van der Waals surface area contributed by atoms with E-state index >= 15 is 0 Å². The number of esters is 3. The van der Waals surface area contributed by atoms with Crippen LogP contribution in [0.4, 0.5) is 0 Å². The quantitative estimate of drug-likeness (QED) is 0.0262. The first kappa shape index (κ1) is 62.4. The summed E-state index contributed by atoms with van der Waals surface area (Å²) in [5.41, 5.74) is 0. The molecule has 0 fully saturated rings. The number of hydrogen-bond donors (Lipinski definition) is 0. The molecule has 378 valence electrons. The fourth-order valence-electron chi connectivity index (χ4n) is 8.03. The lowest BCUT2D eigenvalue weighted by Gasteiger charge is -2.18. The summed E-state index contributed by atoms with van der Waals surface area (Å²) < 4.78 is 16.8. The monoisotopic (exact) mass is 911 g/mol. The number of carbonyl (C=O) groups is 3. The van der Waals surface area contributed by atoms with E-state index in [0.717, 1.165) is 83.5 Å². The van der Waals surface area contributed by atoms with Gasteiger partial charge < -0.3 is 14.2 Å². The number of unbranched alkanes of at least 4 members (excludes halogenated alkanes) is 32. The number of allylic oxidation sites excluding steroid dienone is 8. The predicted octanol–water partition coefficient (Wildman–Crippen LogP) is 18.7. The minimum Gasteiger partial charge on any atom is -0.462 e. The van der Waals surface area contributed by atoms with Crippen molar-refractivity contribution in [1.82, 2.24) is 0 Å². The zero-order valence-electron chi connectivity index (χ0n) is 43.3. The van der Waals surface area contributed by atoms with E-state index in [1.165, 1.54) is 167 Å². The summed E-state index contributed by atoms with van der Waals surface area (Å²) in [6.07, 6.45) is 65.2. The Morgan fingerprint density at radius 3 is 0.908 bits per heavy atom. The predicted molar refractivity (Wildman–Crippen MR) is 279 cm³/mol. The molecule has 0 aromatic heterocycles. The molecule has 0 aromatic carbocycles. The third kappa shape index (κ3) is 52.2. The molecular formula is C59H106O6. The molecule has 0 aromatic rings. The highest BCUT2D eigenvalue weighted by Crippen LogP contribution is 2.16. The molecular weight excluding hydrogens is 805 g/mol. The maximum atomic E-state index is 12.8. The van der Waals surface area contributed by atoms with Crippen LogP contribution in [0.3, 0.4) is 0 Å². The van der Waals surface area contributed by atoms with Crippen LogP contribution in [0.5, 0.6) is 0 Å². The van der Waals surface area contributed by atoms with Gasteiger partial charge in [-0.15, -0.1) is 0 Å². The van der Waals surface area contributed by atoms with E-state index in [0.29, 0.717) is 19.3 Å². The summed E-state index contributed by atoms with van der Waals surface area (Å²) >= 11 is 0. The average Bonchev–Trinajstić information content (AvgIpc) is 3.30. The van der Waals surface area contributed by atoms with Gasteiger partial charge in [-0.2, -0.15) is 0 Å². The van der Waals surface area contributed by atoms with Crippen LogP contribution in [0.25, 0.3) is 0 Å². The molecule has 0 bridgehead atoms. The smallest absolute Gasteiger partial charge is 0.306 e. The minimum absolute atomic E-state index is 0.0793. The SMILES string of the molecule is CCCCC/C=C\CCCCCCCC(=O)OCC(COC(=O)CCCCCCCC/C=C\C/C=C\C/C=C\CCCCCCC)OC(=O)CCCCCCCCCCCCCCCC. The summed E-state index contributed by atoms with van der Waals surface area (Å²) in [5.74, 6) is -0.888. The molecule has 0 aliphatic carbocycles. The van der Waals surface area contributed by atoms with Crippen LogP contribution in [0.2, 0.25) is 0 Å². The van der Waals surface area contributed by atoms with Gasteiger partial charge in [-0.3, -0.25) is 14.4 Å². The molecule has 6 heteroatoms. The van der Waals surface area contributed by atoms with E-state index in [1.54, 1.807) is 0 Å². The Morgan fingerprint density at radius 1 is 0.308 bits per heavy atom. The number of ether oxygens (including phenoxy) is 3. The fraction of sp³-hybridized carbons (Fsp3) is 0.814. The zero-order valence-corrected chi connectivity index (χ0v) is 43.3. The standard InChI is InChI=1S/C59H106O6/c1-4-7-10-13-16-19-22-25-27-28-29-30-31-32-33-35-37-40-43-46-49-52-58(61)64-55-56(54-63-57(60)51-48-45-42-39-36-24-21-18-15-12-9-6-3)65-59(62)53-50-47-44-41-38-34-26-23-20-17-14-11-8-5-2/h18,21-22,25,28-29,31-32,56H,4-17,19-20,23-24,26-27,30,33-55H2,1-3H3/b21-18-,25-22-,29-28-,32-31-. The Hall–Kier alpha value is -2.63. The highest BCUT2D eigenvalue weighted by Gasteiger charge is 2.19. The van der Waals surface area contributed by atoms with E-state index in [9.17, 15) is 14.4 Å². The third-order valence-electron chi connectivity index (χ3n) is 12.3. The Morgan fingerprint density at radius 2 is 0.554 bits per heavy atom. The van der Waals surface area contributed by atoms with E-state index in [1.807, 2.05) is 0 Å². The van der Waals surface area contributed by atoms with Gasteiger partial charge in [0.25, 0.3) is 0 Å². The van der Waals surface area contributed by atoms with Gasteiger partial charge in [-0.25, -0.2) is 0 Å². The van der Waals surface area contributed by atoms with Gasteiger partial charge in [0, 0.05) is 19.3 Å². The van der Waals surface area contributed by atoms with Crippen molar-refractivity contribution in [2.24, 2.45) is 0 Å². The summed E-state index contributed by atoms with van der Waals surface area (Å²) in [4.78, 5) is 38.1. The first-order chi connectivity index (χ1) is 32.0. The van der Waals surface area contributed by atoms with Crippen LogP contribution in [0.15, 0.2) is 48.6 Å². The maximum Gasteiger partial charge on any atom is 0.306 e. The first-order valence-electron chi connectivity index (χ1n) is 28.1. The second kappa shape index (κ2) is 54.0. The lowest BCUT2D eigenvalue weighted by atomic mass is 10.0. The van der Waals surface area contributed by atoms with Crippen LogP contribution in [0, 0.1) is 0 Å². The second-order valence-corrected chi connectivity index (χ2v) is 18.8. The molecule has 0 saturated heterocycles. The van der Waals surface area contributed by atoms with Gasteiger partial charge in [0.1, 0.15) is 13.2 Å². The zero-order chi connectivity index (χ0) is 47.2. The van der Waals surface area contributed by atoms with Crippen LogP contribution in [0.1, 0.15) is 290 Å². The van der Waals surface area contributed by atoms with Gasteiger partial charge in [-0.1, -0.05) is 236 Å². The van der Waals surface area contributed by atoms with Gasteiger partial charge in [0.05, 0.1) is 0 Å². The van der Waals surface area contributed by atoms with Crippen LogP contribution >= 0.6 is 0 Å². The highest BCUT2D eigenvalue weighted by molar-refractivity contribution is 5.71. The largest absolute Gasteiger partial charge is 0.462 e. The number of rotatable bonds is 51. The molecule has 0 rings (SSSR count). The van der Waals surface area contributed by atoms with E-state index in [2.05, 4.69) is 69.4 Å². The molecule has 1 atom stereocenters. The molecule has 0 spiro atoms. The van der Waals surface area contributed by atoms with Crippen LogP contribution in [-0.4, -0.2) is 37.2 Å². The summed E-state index contributed by atoms with van der Waals surface area (Å²) in [6.45, 7) is 6.61. The van der Waals surface area contributed by atoms with E-state index < -0.39 is 6.10 Å². The van der Waals surface area contributed by atoms with Crippen molar-refractivity contribution in [2.75, 3.05) is 13.2 Å². The number of hydrogen-bond acceptors (Lipinski definition) is 6. The molecule has 6 nitrogen and oxygen atoms in total. The van der Waals surface area contributed by atoms with Crippen molar-refractivity contribution >= 4 is 17.9 Å². The van der Waals surface area contributed by atoms with E-state index in [-0.39, 0.29) is 31.1 Å². The second-order valence-electron chi connectivity index (χ2n) is 18.8. The molecule has 0 amide bonds. The Labute approximate surface area is 403 Å². The van der Waals surface area contributed by atoms with Crippen molar-refractivity contribution in [1.29, 1.82) is 0 Å². The van der Waals surface area contributed by atoms with Crippen molar-refractivity contribution in [2.45, 2.75) is 297 Å². The lowest BCUT2D eigenvalue weighted by molar-refractivity contribution is -0.167. The van der Waals surface area contributed by atoms with Gasteiger partial charge >= 0.3 is 17.9 Å². The molecule has 0 aliphatic heterocycles. The summed E-state index contributed by atoms with van der Waals surface area (Å²) in [6, 6.07) is 0. The molecule has 0 heterocycles. The van der Waals surface area contributed by atoms with Gasteiger partial charge in [0.15, 0.2) is 6.10 Å². The van der Waals surface area contributed by atoms with E-state index in [4.69, 9.17) is 14.2 Å². The Bertz CT molecular complexity index is 1140. The number of carbonyl (C=O) groups excluding carboxylic acids is 3. The van der Waals surface area contributed by atoms with Crippen molar-refractivity contribution in [3.05, 3.63) is 48.6 Å². The fourth-order valence-corrected chi connectivity index (χ4v) is 8.03. The Kier molecular flexibility index (Phi) is 51.8. The summed E-state index contributed by atoms with van der Waals surface area (Å²) in [7, 11) is 0. The minimum atomic E-state index is -0.779. The molecule has 0 radical (unpaired) electrons. The molecule has 65 heavy (non-hydrogen) atoms. The van der Waals surface area contributed by atoms with Crippen LogP contribution < -0.4 is 0 Å². The summed E-state index contributed by atoms with van der Waals surface area (Å²) in [5, 5.41) is 0. The first-order valence-corrected chi connectivity index (χ1v) is 28.1. The van der Waals surface area contributed by atoms with Crippen LogP contribution in [-0.2, 0) is 28.6 Å². The lowest BCUT2D eigenvalue weighted by Crippen LogP contribution is -2.30. The normalized spacial score (nSPS) is 12.4. The molecule has 0 N–H and O–H groups in total. The maximum absolute atomic E-state index is 12.8. The Balaban J connectivity index is 4.34. The van der Waals surface area contributed by atoms with Crippen molar-refractivity contribution in [3.63, 3.8) is 0 Å². The average molecular weight is 911 g/mol. The molecule has 0 aliphatic rings. The third-order valence-corrected chi connectivity index (χ3v) is 12.3. The topological polar surface area (TPSA) is 78.9 Å². The highest BCUT2D eigenvalue weighted by atomic mass is 16.6. The van der Waals surface area contributed by atoms with Crippen molar-refractivity contribution < 1.29 is 28.6 Å². The van der Waals surface area contributed by atoms with Crippen molar-refractivity contribution in [3.8, 4) is 0 Å². The molecule has 1 unspecified atom stereocenters. The van der Waals surface area contributed by atoms with Gasteiger partial charge in [0.2, 0.25) is 0 Å². The molecule has 0 saturated carbocycles.